The van der Waals surface area contributed by atoms with Crippen LogP contribution in [-0.2, 0) is 9.59 Å². The number of nitrogens with two attached hydrogens (primary N) is 1. The van der Waals surface area contributed by atoms with Gasteiger partial charge in [-0.15, -0.1) is 0 Å². The number of ether oxygens (including phenoxy) is 2. The van der Waals surface area contributed by atoms with Crippen LogP contribution in [0.5, 0.6) is 11.6 Å². The van der Waals surface area contributed by atoms with Crippen LogP contribution >= 0.6 is 0 Å². The van der Waals surface area contributed by atoms with Gasteiger partial charge in [-0.25, -0.2) is 9.97 Å². The summed E-state index contributed by atoms with van der Waals surface area (Å²) in [5, 5.41) is 6.33. The highest BCUT2D eigenvalue weighted by Gasteiger charge is 2.30. The molecule has 0 saturated heterocycles. The smallest absolute Gasteiger partial charge is 0.250 e. The van der Waals surface area contributed by atoms with Gasteiger partial charge < -0.3 is 25.8 Å². The van der Waals surface area contributed by atoms with Gasteiger partial charge >= 0.3 is 0 Å². The topological polar surface area (TPSA) is 128 Å². The molecular formula is C28H35N5O4. The number of benzene rings is 1. The summed E-state index contributed by atoms with van der Waals surface area (Å²) in [4.78, 5) is 33.7. The van der Waals surface area contributed by atoms with Crippen LogP contribution in [0.1, 0.15) is 46.0 Å². The van der Waals surface area contributed by atoms with Gasteiger partial charge in [0.2, 0.25) is 17.7 Å². The lowest BCUT2D eigenvalue weighted by Crippen LogP contribution is -2.25. The molecule has 9 heteroatoms. The summed E-state index contributed by atoms with van der Waals surface area (Å²) in [6.45, 7) is 3.98. The van der Waals surface area contributed by atoms with Gasteiger partial charge in [-0.05, 0) is 43.9 Å². The Balaban J connectivity index is 2.07. The number of aromatic nitrogens is 2. The van der Waals surface area contributed by atoms with E-state index >= 15 is 0 Å². The third kappa shape index (κ3) is 7.42. The van der Waals surface area contributed by atoms with E-state index in [0.29, 0.717) is 52.0 Å². The van der Waals surface area contributed by atoms with Gasteiger partial charge in [0.1, 0.15) is 0 Å². The van der Waals surface area contributed by atoms with Crippen molar-refractivity contribution < 1.29 is 19.1 Å². The average molecular weight is 506 g/mol. The monoisotopic (exact) mass is 505 g/mol. The van der Waals surface area contributed by atoms with Gasteiger partial charge in [0, 0.05) is 17.2 Å². The SMILES string of the molecule is CC/C=C(C(N)=O)/C(=C\C(=C\CCC)NC(=O)C1CC1)Nc1cccc(-c2cnc(OC)cn2)c1OC. The maximum Gasteiger partial charge on any atom is 0.250 e. The molecule has 1 aromatic carbocycles. The molecule has 2 aromatic rings. The molecule has 9 nitrogen and oxygen atoms in total. The van der Waals surface area contributed by atoms with Crippen molar-refractivity contribution in [3.8, 4) is 22.9 Å². The van der Waals surface area contributed by atoms with E-state index in [0.717, 1.165) is 25.7 Å². The molecular weight excluding hydrogens is 470 g/mol. The molecule has 2 amide bonds. The number of hydrogen-bond acceptors (Lipinski definition) is 7. The molecule has 1 heterocycles. The number of nitrogens with zero attached hydrogens (tertiary/aromatic N) is 2. The van der Waals surface area contributed by atoms with Crippen LogP contribution in [0.25, 0.3) is 11.3 Å². The summed E-state index contributed by atoms with van der Waals surface area (Å²) in [6, 6.07) is 5.54. The van der Waals surface area contributed by atoms with Crippen LogP contribution in [0.2, 0.25) is 0 Å². The molecule has 4 N–H and O–H groups in total. The van der Waals surface area contributed by atoms with Crippen molar-refractivity contribution in [3.05, 3.63) is 65.8 Å². The van der Waals surface area contributed by atoms with Gasteiger partial charge in [-0.3, -0.25) is 9.59 Å². The number of primary amides is 1. The Kier molecular flexibility index (Phi) is 9.83. The predicted octanol–water partition coefficient (Wildman–Crippen LogP) is 4.49. The first-order chi connectivity index (χ1) is 17.9. The van der Waals surface area contributed by atoms with Crippen LogP contribution in [0, 0.1) is 5.92 Å². The van der Waals surface area contributed by atoms with Crippen LogP contribution < -0.4 is 25.8 Å². The maximum absolute atomic E-state index is 12.5. The standard InChI is InChI=1S/C28H35N5O4/c1-5-7-10-19(32-28(35)18-13-14-18)15-23(21(9-6-2)27(29)34)33-22-12-8-11-20(26(22)37-4)24-16-31-25(36-3)17-30-24/h8-12,15-18,33H,5-7,13-14H2,1-4H3,(H2,29,34)(H,32,35)/b19-10-,21-9-,23-15+. The number of amides is 2. The Bertz CT molecular complexity index is 1200. The van der Waals surface area contributed by atoms with Gasteiger partial charge in [0.15, 0.2) is 5.75 Å². The van der Waals surface area contributed by atoms with E-state index in [1.165, 1.54) is 13.3 Å². The summed E-state index contributed by atoms with van der Waals surface area (Å²) in [6.07, 6.45) is 12.6. The number of unbranched alkanes of at least 4 members (excludes halogenated alkanes) is 1. The van der Waals surface area contributed by atoms with E-state index in [1.54, 1.807) is 25.5 Å². The highest BCUT2D eigenvalue weighted by atomic mass is 16.5. The van der Waals surface area contributed by atoms with E-state index in [4.69, 9.17) is 15.2 Å². The van der Waals surface area contributed by atoms with Crippen molar-refractivity contribution >= 4 is 17.5 Å². The second kappa shape index (κ2) is 13.2. The summed E-state index contributed by atoms with van der Waals surface area (Å²) in [5.74, 6) is 0.349. The number of carbonyl (C=O) groups is 2. The molecule has 3 rings (SSSR count). The average Bonchev–Trinajstić information content (AvgIpc) is 3.75. The minimum Gasteiger partial charge on any atom is -0.494 e. The molecule has 1 aliphatic carbocycles. The van der Waals surface area contributed by atoms with Crippen molar-refractivity contribution in [2.24, 2.45) is 11.7 Å². The zero-order valence-electron chi connectivity index (χ0n) is 21.8. The number of nitrogens with one attached hydrogen (secondary N) is 2. The fraction of sp³-hybridized carbons (Fsp3) is 0.357. The lowest BCUT2D eigenvalue weighted by molar-refractivity contribution is -0.121. The van der Waals surface area contributed by atoms with Gasteiger partial charge in [0.25, 0.3) is 0 Å². The Morgan fingerprint density at radius 1 is 1.11 bits per heavy atom. The lowest BCUT2D eigenvalue weighted by atomic mass is 10.1. The molecule has 0 unspecified atom stereocenters. The highest BCUT2D eigenvalue weighted by Crippen LogP contribution is 2.37. The first-order valence-corrected chi connectivity index (χ1v) is 12.4. The van der Waals surface area contributed by atoms with Crippen molar-refractivity contribution in [3.63, 3.8) is 0 Å². The zero-order valence-corrected chi connectivity index (χ0v) is 21.8. The lowest BCUT2D eigenvalue weighted by Gasteiger charge is -2.19. The second-order valence-electron chi connectivity index (χ2n) is 8.62. The Labute approximate surface area is 217 Å². The van der Waals surface area contributed by atoms with Crippen LogP contribution in [0.3, 0.4) is 0 Å². The maximum atomic E-state index is 12.5. The number of para-hydroxylation sites is 1. The van der Waals surface area contributed by atoms with E-state index in [9.17, 15) is 9.59 Å². The molecule has 0 aliphatic heterocycles. The quantitative estimate of drug-likeness (QED) is 0.270. The van der Waals surface area contributed by atoms with Crippen molar-refractivity contribution in [2.45, 2.75) is 46.0 Å². The summed E-state index contributed by atoms with van der Waals surface area (Å²) in [7, 11) is 3.09. The molecule has 1 aromatic heterocycles. The molecule has 1 aliphatic rings. The fourth-order valence-corrected chi connectivity index (χ4v) is 3.68. The molecule has 1 fully saturated rings. The molecule has 0 spiro atoms. The van der Waals surface area contributed by atoms with E-state index < -0.39 is 5.91 Å². The summed E-state index contributed by atoms with van der Waals surface area (Å²) < 4.78 is 10.9. The first kappa shape index (κ1) is 27.4. The molecule has 37 heavy (non-hydrogen) atoms. The number of allylic oxidation sites excluding steroid dienone is 3. The second-order valence-corrected chi connectivity index (χ2v) is 8.62. The highest BCUT2D eigenvalue weighted by molar-refractivity contribution is 5.98. The van der Waals surface area contributed by atoms with Gasteiger partial charge in [0.05, 0.1) is 49.3 Å². The number of hydrogen-bond donors (Lipinski definition) is 3. The Morgan fingerprint density at radius 3 is 2.46 bits per heavy atom. The first-order valence-electron chi connectivity index (χ1n) is 12.4. The van der Waals surface area contributed by atoms with Crippen molar-refractivity contribution in [1.29, 1.82) is 0 Å². The minimum absolute atomic E-state index is 0.0179. The van der Waals surface area contributed by atoms with Gasteiger partial charge in [-0.1, -0.05) is 38.5 Å². The van der Waals surface area contributed by atoms with Crippen LogP contribution in [0.4, 0.5) is 5.69 Å². The molecule has 0 radical (unpaired) electrons. The number of methoxy groups -OCH3 is 2. The van der Waals surface area contributed by atoms with E-state index in [-0.39, 0.29) is 11.8 Å². The number of rotatable bonds is 13. The van der Waals surface area contributed by atoms with Crippen LogP contribution in [-0.4, -0.2) is 36.0 Å². The number of carbonyl (C=O) groups excluding carboxylic acids is 2. The fourth-order valence-electron chi connectivity index (χ4n) is 3.68. The largest absolute Gasteiger partial charge is 0.494 e. The van der Waals surface area contributed by atoms with Crippen molar-refractivity contribution in [1.82, 2.24) is 15.3 Å². The van der Waals surface area contributed by atoms with E-state index in [1.807, 2.05) is 31.2 Å². The zero-order chi connectivity index (χ0) is 26.8. The minimum atomic E-state index is -0.583. The van der Waals surface area contributed by atoms with E-state index in [2.05, 4.69) is 27.5 Å². The predicted molar refractivity (Wildman–Crippen MR) is 144 cm³/mol. The normalized spacial score (nSPS) is 14.2. The molecule has 196 valence electrons. The third-order valence-corrected chi connectivity index (χ3v) is 5.73. The molecule has 0 atom stereocenters. The summed E-state index contributed by atoms with van der Waals surface area (Å²) >= 11 is 0. The van der Waals surface area contributed by atoms with Gasteiger partial charge in [-0.2, -0.15) is 0 Å². The summed E-state index contributed by atoms with van der Waals surface area (Å²) in [5.41, 5.74) is 9.02. The Morgan fingerprint density at radius 2 is 1.89 bits per heavy atom. The molecule has 1 saturated carbocycles. The van der Waals surface area contributed by atoms with Crippen molar-refractivity contribution in [2.75, 3.05) is 19.5 Å². The third-order valence-electron chi connectivity index (χ3n) is 5.73. The van der Waals surface area contributed by atoms with Crippen LogP contribution in [0.15, 0.2) is 65.8 Å². The number of anilines is 1. The Hall–Kier alpha value is -4.14. The molecule has 0 bridgehead atoms.